The van der Waals surface area contributed by atoms with Crippen molar-refractivity contribution in [1.82, 2.24) is 15.2 Å². The first-order valence-electron chi connectivity index (χ1n) is 7.45. The molecule has 0 aromatic carbocycles. The molecule has 0 saturated carbocycles. The number of aromatic nitrogens is 1. The lowest BCUT2D eigenvalue weighted by atomic mass is 9.81. The molecule has 1 fully saturated rings. The highest BCUT2D eigenvalue weighted by molar-refractivity contribution is 5.83. The predicted molar refractivity (Wildman–Crippen MR) is 80.1 cm³/mol. The summed E-state index contributed by atoms with van der Waals surface area (Å²) in [6.07, 6.45) is 3.81. The first-order chi connectivity index (χ1) is 9.53. The van der Waals surface area contributed by atoms with Gasteiger partial charge in [0.15, 0.2) is 0 Å². The van der Waals surface area contributed by atoms with Crippen LogP contribution in [0.15, 0.2) is 24.4 Å². The Balaban J connectivity index is 2.13. The Labute approximate surface area is 121 Å². The van der Waals surface area contributed by atoms with Crippen LogP contribution >= 0.6 is 0 Å². The number of rotatable bonds is 4. The zero-order valence-corrected chi connectivity index (χ0v) is 12.7. The highest BCUT2D eigenvalue weighted by atomic mass is 16.2. The Kier molecular flexibility index (Phi) is 4.76. The van der Waals surface area contributed by atoms with Crippen molar-refractivity contribution in [3.63, 3.8) is 0 Å². The van der Waals surface area contributed by atoms with Crippen LogP contribution in [-0.2, 0) is 11.3 Å². The number of carbonyl (C=O) groups excluding carboxylic acids is 1. The molecule has 2 heterocycles. The molecular formula is C16H25N3O. The minimum Gasteiger partial charge on any atom is -0.334 e. The van der Waals surface area contributed by atoms with Crippen LogP contribution in [0.5, 0.6) is 0 Å². The lowest BCUT2D eigenvalue weighted by Crippen LogP contribution is -2.51. The van der Waals surface area contributed by atoms with Crippen molar-refractivity contribution >= 4 is 5.91 Å². The maximum atomic E-state index is 12.9. The van der Waals surface area contributed by atoms with Gasteiger partial charge in [0.05, 0.1) is 17.7 Å². The summed E-state index contributed by atoms with van der Waals surface area (Å²) >= 11 is 0. The number of hydrogen-bond donors (Lipinski definition) is 1. The molecule has 0 radical (unpaired) electrons. The lowest BCUT2D eigenvalue weighted by Gasteiger charge is -2.39. The highest BCUT2D eigenvalue weighted by Gasteiger charge is 2.38. The average molecular weight is 275 g/mol. The lowest BCUT2D eigenvalue weighted by molar-refractivity contribution is -0.144. The summed E-state index contributed by atoms with van der Waals surface area (Å²) in [7, 11) is 0. The van der Waals surface area contributed by atoms with Crippen molar-refractivity contribution in [2.75, 3.05) is 13.1 Å². The van der Waals surface area contributed by atoms with Crippen LogP contribution in [0.4, 0.5) is 0 Å². The van der Waals surface area contributed by atoms with E-state index in [4.69, 9.17) is 0 Å². The molecule has 1 aromatic rings. The normalized spacial score (nSPS) is 22.8. The molecule has 1 aliphatic rings. The topological polar surface area (TPSA) is 45.2 Å². The summed E-state index contributed by atoms with van der Waals surface area (Å²) in [5.41, 5.74) is 0.666. The van der Waals surface area contributed by atoms with Crippen molar-refractivity contribution in [2.45, 2.75) is 46.2 Å². The van der Waals surface area contributed by atoms with Crippen LogP contribution < -0.4 is 5.32 Å². The van der Waals surface area contributed by atoms with Gasteiger partial charge >= 0.3 is 0 Å². The Bertz CT molecular complexity index is 438. The number of nitrogens with one attached hydrogen (secondary N) is 1. The molecule has 20 heavy (non-hydrogen) atoms. The number of amides is 1. The quantitative estimate of drug-likeness (QED) is 0.916. The Morgan fingerprint density at radius 3 is 2.85 bits per heavy atom. The van der Waals surface area contributed by atoms with Crippen molar-refractivity contribution in [3.8, 4) is 0 Å². The van der Waals surface area contributed by atoms with Gasteiger partial charge in [0.1, 0.15) is 0 Å². The van der Waals surface area contributed by atoms with Gasteiger partial charge in [-0.2, -0.15) is 0 Å². The molecule has 0 spiro atoms. The van der Waals surface area contributed by atoms with Crippen LogP contribution in [0.1, 0.15) is 39.3 Å². The fourth-order valence-electron chi connectivity index (χ4n) is 2.74. The minimum atomic E-state index is -0.280. The second-order valence-electron chi connectivity index (χ2n) is 6.19. The Morgan fingerprint density at radius 1 is 1.50 bits per heavy atom. The summed E-state index contributed by atoms with van der Waals surface area (Å²) in [6.45, 7) is 8.60. The van der Waals surface area contributed by atoms with Crippen LogP contribution in [0, 0.1) is 5.41 Å². The van der Waals surface area contributed by atoms with Gasteiger partial charge in [0, 0.05) is 18.8 Å². The standard InChI is InChI=1S/C16H25N3O/c1-13(2)19(11-14-7-4-5-10-18-14)15(20)16(3)8-6-9-17-12-16/h4-5,7,10,13,17H,6,8-9,11-12H2,1-3H3. The SMILES string of the molecule is CC(C)N(Cc1ccccn1)C(=O)C1(C)CCCNC1. The van der Waals surface area contributed by atoms with E-state index in [9.17, 15) is 4.79 Å². The molecule has 0 aliphatic carbocycles. The molecular weight excluding hydrogens is 250 g/mol. The summed E-state index contributed by atoms with van der Waals surface area (Å²) in [5.74, 6) is 0.241. The van der Waals surface area contributed by atoms with E-state index in [0.717, 1.165) is 31.6 Å². The van der Waals surface area contributed by atoms with E-state index in [1.807, 2.05) is 23.1 Å². The largest absolute Gasteiger partial charge is 0.334 e. The van der Waals surface area contributed by atoms with Crippen molar-refractivity contribution < 1.29 is 4.79 Å². The third kappa shape index (κ3) is 3.37. The van der Waals surface area contributed by atoms with Crippen molar-refractivity contribution in [2.24, 2.45) is 5.41 Å². The summed E-state index contributed by atoms with van der Waals surface area (Å²) in [4.78, 5) is 19.2. The van der Waals surface area contributed by atoms with Gasteiger partial charge in [0.25, 0.3) is 0 Å². The molecule has 2 rings (SSSR count). The molecule has 1 aliphatic heterocycles. The zero-order chi connectivity index (χ0) is 14.6. The zero-order valence-electron chi connectivity index (χ0n) is 12.7. The Morgan fingerprint density at radius 2 is 2.30 bits per heavy atom. The summed E-state index contributed by atoms with van der Waals surface area (Å²) < 4.78 is 0. The van der Waals surface area contributed by atoms with Crippen LogP contribution in [-0.4, -0.2) is 34.9 Å². The first kappa shape index (κ1) is 15.0. The summed E-state index contributed by atoms with van der Waals surface area (Å²) in [6, 6.07) is 6.03. The third-order valence-corrected chi connectivity index (χ3v) is 4.06. The van der Waals surface area contributed by atoms with Crippen LogP contribution in [0.3, 0.4) is 0 Å². The fraction of sp³-hybridized carbons (Fsp3) is 0.625. The minimum absolute atomic E-state index is 0.184. The molecule has 4 heteroatoms. The van der Waals surface area contributed by atoms with Crippen molar-refractivity contribution in [3.05, 3.63) is 30.1 Å². The third-order valence-electron chi connectivity index (χ3n) is 4.06. The maximum Gasteiger partial charge on any atom is 0.230 e. The molecule has 0 bridgehead atoms. The maximum absolute atomic E-state index is 12.9. The number of piperidine rings is 1. The van der Waals surface area contributed by atoms with Gasteiger partial charge in [-0.25, -0.2) is 0 Å². The second-order valence-corrected chi connectivity index (χ2v) is 6.19. The summed E-state index contributed by atoms with van der Waals surface area (Å²) in [5, 5.41) is 3.35. The van der Waals surface area contributed by atoms with Gasteiger partial charge in [0.2, 0.25) is 5.91 Å². The molecule has 1 N–H and O–H groups in total. The number of nitrogens with zero attached hydrogens (tertiary/aromatic N) is 2. The molecule has 110 valence electrons. The van der Waals surface area contributed by atoms with Crippen molar-refractivity contribution in [1.29, 1.82) is 0 Å². The first-order valence-corrected chi connectivity index (χ1v) is 7.45. The van der Waals surface area contributed by atoms with E-state index < -0.39 is 0 Å². The fourth-order valence-corrected chi connectivity index (χ4v) is 2.74. The molecule has 1 unspecified atom stereocenters. The van der Waals surface area contributed by atoms with E-state index in [1.165, 1.54) is 0 Å². The smallest absolute Gasteiger partial charge is 0.230 e. The van der Waals surface area contributed by atoms with Gasteiger partial charge in [-0.05, 0) is 52.3 Å². The number of carbonyl (C=O) groups is 1. The Hall–Kier alpha value is -1.42. The second kappa shape index (κ2) is 6.35. The van der Waals surface area contributed by atoms with Gasteiger partial charge in [-0.1, -0.05) is 6.07 Å². The molecule has 1 saturated heterocycles. The molecule has 1 aromatic heterocycles. The molecule has 4 nitrogen and oxygen atoms in total. The highest BCUT2D eigenvalue weighted by Crippen LogP contribution is 2.29. The number of hydrogen-bond acceptors (Lipinski definition) is 3. The van der Waals surface area contributed by atoms with Gasteiger partial charge < -0.3 is 10.2 Å². The van der Waals surface area contributed by atoms with Crippen LogP contribution in [0.2, 0.25) is 0 Å². The monoisotopic (exact) mass is 275 g/mol. The van der Waals surface area contributed by atoms with E-state index in [-0.39, 0.29) is 17.4 Å². The van der Waals surface area contributed by atoms with Gasteiger partial charge in [-0.15, -0.1) is 0 Å². The van der Waals surface area contributed by atoms with E-state index in [2.05, 4.69) is 31.1 Å². The van der Waals surface area contributed by atoms with Gasteiger partial charge in [-0.3, -0.25) is 9.78 Å². The predicted octanol–water partition coefficient (Wildman–Crippen LogP) is 2.21. The average Bonchev–Trinajstić information content (AvgIpc) is 2.45. The van der Waals surface area contributed by atoms with E-state index >= 15 is 0 Å². The van der Waals surface area contributed by atoms with E-state index in [1.54, 1.807) is 6.20 Å². The van der Waals surface area contributed by atoms with Crippen LogP contribution in [0.25, 0.3) is 0 Å². The molecule has 1 atom stereocenters. The van der Waals surface area contributed by atoms with E-state index in [0.29, 0.717) is 6.54 Å². The number of pyridine rings is 1. The molecule has 1 amide bonds.